The van der Waals surface area contributed by atoms with Crippen LogP contribution >= 0.6 is 11.6 Å². The standard InChI is InChI=1S/C31H38ClN3O4S/c1-6-23(3)33-31(37)29(19-25-13-8-7-9-14-25)34(20-26-15-11-16-27(32)18-26)30(36)21-35(40(5,38)39)28-17-10-12-22(2)24(28)4/h7-18,23,29H,6,19-21H2,1-5H3,(H,33,37)/t23-,29+/m0/s1. The number of anilines is 1. The first-order valence-corrected chi connectivity index (χ1v) is 15.6. The molecule has 0 aliphatic heterocycles. The maximum Gasteiger partial charge on any atom is 0.244 e. The molecule has 9 heteroatoms. The van der Waals surface area contributed by atoms with Gasteiger partial charge in [-0.3, -0.25) is 13.9 Å². The van der Waals surface area contributed by atoms with Gasteiger partial charge in [-0.1, -0.05) is 73.1 Å². The van der Waals surface area contributed by atoms with E-state index < -0.39 is 28.5 Å². The normalized spacial score (nSPS) is 12.8. The van der Waals surface area contributed by atoms with Crippen molar-refractivity contribution in [2.24, 2.45) is 0 Å². The Bertz CT molecular complexity index is 1430. The van der Waals surface area contributed by atoms with Gasteiger partial charge < -0.3 is 10.2 Å². The van der Waals surface area contributed by atoms with Crippen molar-refractivity contribution < 1.29 is 18.0 Å². The fourth-order valence-electron chi connectivity index (χ4n) is 4.43. The van der Waals surface area contributed by atoms with Gasteiger partial charge in [-0.25, -0.2) is 8.42 Å². The largest absolute Gasteiger partial charge is 0.352 e. The Labute approximate surface area is 243 Å². The average molecular weight is 584 g/mol. The minimum absolute atomic E-state index is 0.0786. The third-order valence-electron chi connectivity index (χ3n) is 7.04. The lowest BCUT2D eigenvalue weighted by atomic mass is 10.0. The SMILES string of the molecule is CC[C@H](C)NC(=O)[C@@H](Cc1ccccc1)N(Cc1cccc(Cl)c1)C(=O)CN(c1cccc(C)c1C)S(C)(=O)=O. The highest BCUT2D eigenvalue weighted by molar-refractivity contribution is 7.92. The van der Waals surface area contributed by atoms with Crippen molar-refractivity contribution in [3.8, 4) is 0 Å². The molecule has 0 saturated carbocycles. The highest BCUT2D eigenvalue weighted by atomic mass is 35.5. The van der Waals surface area contributed by atoms with Crippen LogP contribution in [0.1, 0.15) is 42.5 Å². The molecule has 0 saturated heterocycles. The smallest absolute Gasteiger partial charge is 0.244 e. The van der Waals surface area contributed by atoms with Gasteiger partial charge >= 0.3 is 0 Å². The first-order valence-electron chi connectivity index (χ1n) is 13.3. The van der Waals surface area contributed by atoms with Crippen LogP contribution < -0.4 is 9.62 Å². The van der Waals surface area contributed by atoms with Gasteiger partial charge in [0.1, 0.15) is 12.6 Å². The molecule has 0 aliphatic carbocycles. The summed E-state index contributed by atoms with van der Waals surface area (Å²) in [6.45, 7) is 7.23. The molecule has 214 valence electrons. The molecule has 0 fully saturated rings. The molecular weight excluding hydrogens is 546 g/mol. The molecule has 0 radical (unpaired) electrons. The summed E-state index contributed by atoms with van der Waals surface area (Å²) in [5.74, 6) is -0.794. The highest BCUT2D eigenvalue weighted by Gasteiger charge is 2.33. The summed E-state index contributed by atoms with van der Waals surface area (Å²) in [6, 6.07) is 20.9. The number of amides is 2. The monoisotopic (exact) mass is 583 g/mol. The summed E-state index contributed by atoms with van der Waals surface area (Å²) in [5.41, 5.74) is 3.71. The van der Waals surface area contributed by atoms with Gasteiger partial charge in [0.05, 0.1) is 11.9 Å². The zero-order valence-electron chi connectivity index (χ0n) is 23.7. The Morgan fingerprint density at radius 1 is 0.950 bits per heavy atom. The topological polar surface area (TPSA) is 86.8 Å². The lowest BCUT2D eigenvalue weighted by molar-refractivity contribution is -0.140. The first-order chi connectivity index (χ1) is 18.9. The second-order valence-electron chi connectivity index (χ2n) is 10.2. The van der Waals surface area contributed by atoms with Gasteiger partial charge in [0, 0.05) is 24.0 Å². The Morgan fingerprint density at radius 2 is 1.60 bits per heavy atom. The second kappa shape index (κ2) is 13.8. The maximum atomic E-state index is 14.2. The van der Waals surface area contributed by atoms with E-state index in [1.165, 1.54) is 4.90 Å². The van der Waals surface area contributed by atoms with Crippen molar-refractivity contribution in [1.82, 2.24) is 10.2 Å². The van der Waals surface area contributed by atoms with E-state index >= 15 is 0 Å². The summed E-state index contributed by atoms with van der Waals surface area (Å²) in [5, 5.41) is 3.53. The molecule has 40 heavy (non-hydrogen) atoms. The van der Waals surface area contributed by atoms with Gasteiger partial charge in [0.25, 0.3) is 0 Å². The predicted molar refractivity (Wildman–Crippen MR) is 162 cm³/mol. The number of nitrogens with one attached hydrogen (secondary N) is 1. The van der Waals surface area contributed by atoms with Crippen LogP contribution in [-0.4, -0.2) is 50.0 Å². The third-order valence-corrected chi connectivity index (χ3v) is 8.40. The van der Waals surface area contributed by atoms with Crippen LogP contribution in [0.25, 0.3) is 0 Å². The maximum absolute atomic E-state index is 14.2. The number of carbonyl (C=O) groups excluding carboxylic acids is 2. The van der Waals surface area contributed by atoms with Crippen LogP contribution in [0.15, 0.2) is 72.8 Å². The number of nitrogens with zero attached hydrogens (tertiary/aromatic N) is 2. The molecule has 3 aromatic rings. The van der Waals surface area contributed by atoms with E-state index in [-0.39, 0.29) is 24.9 Å². The molecule has 0 bridgehead atoms. The molecule has 3 rings (SSSR count). The second-order valence-corrected chi connectivity index (χ2v) is 12.5. The van der Waals surface area contributed by atoms with E-state index in [1.54, 1.807) is 30.3 Å². The van der Waals surface area contributed by atoms with Gasteiger partial charge in [-0.15, -0.1) is 0 Å². The van der Waals surface area contributed by atoms with Crippen LogP contribution in [0.3, 0.4) is 0 Å². The summed E-state index contributed by atoms with van der Waals surface area (Å²) < 4.78 is 27.1. The summed E-state index contributed by atoms with van der Waals surface area (Å²) in [4.78, 5) is 29.3. The molecular formula is C31H38ClN3O4S. The fourth-order valence-corrected chi connectivity index (χ4v) is 5.54. The lowest BCUT2D eigenvalue weighted by Gasteiger charge is -2.34. The number of hydrogen-bond donors (Lipinski definition) is 1. The van der Waals surface area contributed by atoms with E-state index in [1.807, 2.05) is 70.2 Å². The van der Waals surface area contributed by atoms with Crippen LogP contribution in [0, 0.1) is 13.8 Å². The number of carbonyl (C=O) groups is 2. The van der Waals surface area contributed by atoms with Gasteiger partial charge in [-0.05, 0) is 67.6 Å². The number of hydrogen-bond acceptors (Lipinski definition) is 4. The molecule has 7 nitrogen and oxygen atoms in total. The summed E-state index contributed by atoms with van der Waals surface area (Å²) in [6.07, 6.45) is 2.07. The van der Waals surface area contributed by atoms with Crippen molar-refractivity contribution in [3.05, 3.63) is 100 Å². The predicted octanol–water partition coefficient (Wildman–Crippen LogP) is 5.28. The molecule has 0 spiro atoms. The lowest BCUT2D eigenvalue weighted by Crippen LogP contribution is -2.54. The molecule has 3 aromatic carbocycles. The molecule has 0 heterocycles. The van der Waals surface area contributed by atoms with Crippen molar-refractivity contribution in [3.63, 3.8) is 0 Å². The van der Waals surface area contributed by atoms with Crippen molar-refractivity contribution >= 4 is 39.1 Å². The average Bonchev–Trinajstić information content (AvgIpc) is 2.90. The summed E-state index contributed by atoms with van der Waals surface area (Å²) in [7, 11) is -3.83. The molecule has 0 aliphatic rings. The fraction of sp³-hybridized carbons (Fsp3) is 0.355. The molecule has 0 unspecified atom stereocenters. The zero-order chi connectivity index (χ0) is 29.4. The van der Waals surface area contributed by atoms with E-state index in [9.17, 15) is 18.0 Å². The van der Waals surface area contributed by atoms with E-state index in [0.29, 0.717) is 10.7 Å². The minimum atomic E-state index is -3.83. The molecule has 2 atom stereocenters. The van der Waals surface area contributed by atoms with Gasteiger partial charge in [0.2, 0.25) is 21.8 Å². The zero-order valence-corrected chi connectivity index (χ0v) is 25.3. The van der Waals surface area contributed by atoms with Crippen LogP contribution in [-0.2, 0) is 32.6 Å². The number of halogens is 1. The molecule has 0 aromatic heterocycles. The number of sulfonamides is 1. The summed E-state index contributed by atoms with van der Waals surface area (Å²) >= 11 is 6.25. The third kappa shape index (κ3) is 8.32. The molecule has 2 amide bonds. The van der Waals surface area contributed by atoms with Crippen molar-refractivity contribution in [2.45, 2.75) is 59.2 Å². The van der Waals surface area contributed by atoms with Gasteiger partial charge in [-0.2, -0.15) is 0 Å². The van der Waals surface area contributed by atoms with E-state index in [2.05, 4.69) is 5.32 Å². The first kappa shape index (κ1) is 31.2. The van der Waals surface area contributed by atoms with Crippen LogP contribution in [0.5, 0.6) is 0 Å². The highest BCUT2D eigenvalue weighted by Crippen LogP contribution is 2.26. The Kier molecular flexibility index (Phi) is 10.8. The van der Waals surface area contributed by atoms with Crippen molar-refractivity contribution in [1.29, 1.82) is 0 Å². The number of benzene rings is 3. The Hall–Kier alpha value is -3.36. The van der Waals surface area contributed by atoms with Crippen molar-refractivity contribution in [2.75, 3.05) is 17.1 Å². The minimum Gasteiger partial charge on any atom is -0.352 e. The van der Waals surface area contributed by atoms with Gasteiger partial charge in [0.15, 0.2) is 0 Å². The number of aryl methyl sites for hydroxylation is 1. The van der Waals surface area contributed by atoms with E-state index in [4.69, 9.17) is 11.6 Å². The molecule has 1 N–H and O–H groups in total. The van der Waals surface area contributed by atoms with Crippen LogP contribution in [0.2, 0.25) is 5.02 Å². The quantitative estimate of drug-likeness (QED) is 0.314. The Balaban J connectivity index is 2.09. The number of rotatable bonds is 12. The van der Waals surface area contributed by atoms with E-state index in [0.717, 1.165) is 39.2 Å². The Morgan fingerprint density at radius 3 is 2.23 bits per heavy atom. The van der Waals surface area contributed by atoms with Crippen LogP contribution in [0.4, 0.5) is 5.69 Å².